The lowest BCUT2D eigenvalue weighted by atomic mass is 9.44. The van der Waals surface area contributed by atoms with E-state index in [1.165, 1.54) is 0 Å². The number of cyclic esters (lactones) is 2. The molecule has 1 spiro atoms. The molecule has 0 radical (unpaired) electrons. The Hall–Kier alpha value is -3.13. The highest BCUT2D eigenvalue weighted by atomic mass is 16.6. The topological polar surface area (TPSA) is 192 Å². The van der Waals surface area contributed by atoms with Crippen molar-refractivity contribution < 1.29 is 63.0 Å². The van der Waals surface area contributed by atoms with Gasteiger partial charge < -0.3 is 39.0 Å². The second kappa shape index (κ2) is 10.7. The van der Waals surface area contributed by atoms with Gasteiger partial charge in [0, 0.05) is 33.7 Å². The standard InChI is InChI=1S/C32H42O13/c1-9-13(2)26(38)44-21-23(37)29(4,5)22(20(36)28(40)41-8)31(7)16-11-30(6)24(15-10-17(33)43-27(15)39)42-18(34)12-32(30,45-25(21)31)14(3)19(16)35/h10,13,16-17,20-25,33,36-37H,3,9,11-12H2,1-2,4-8H3/t13?,16?,17?,20-,21-,22-,23+,24-,25-,30-,31+,32-/m0/s1. The molecule has 6 rings (SSSR count). The molecule has 3 saturated heterocycles. The molecule has 4 heterocycles. The maximum atomic E-state index is 14.4. The quantitative estimate of drug-likeness (QED) is 0.212. The van der Waals surface area contributed by atoms with Crippen LogP contribution in [-0.2, 0) is 47.7 Å². The Morgan fingerprint density at radius 2 is 1.76 bits per heavy atom. The van der Waals surface area contributed by atoms with Crippen molar-refractivity contribution in [2.24, 2.45) is 34.0 Å². The molecule has 248 valence electrons. The van der Waals surface area contributed by atoms with Crippen molar-refractivity contribution in [2.45, 2.75) is 103 Å². The number of carbonyl (C=O) groups excluding carboxylic acids is 5. The molecule has 13 heteroatoms. The first-order valence-corrected chi connectivity index (χ1v) is 15.2. The first kappa shape index (κ1) is 33.2. The van der Waals surface area contributed by atoms with Crippen LogP contribution in [0.15, 0.2) is 23.8 Å². The summed E-state index contributed by atoms with van der Waals surface area (Å²) in [4.78, 5) is 66.9. The van der Waals surface area contributed by atoms with Crippen LogP contribution >= 0.6 is 0 Å². The van der Waals surface area contributed by atoms with Gasteiger partial charge in [0.1, 0.15) is 17.8 Å². The highest BCUT2D eigenvalue weighted by Crippen LogP contribution is 2.70. The van der Waals surface area contributed by atoms with Gasteiger partial charge >= 0.3 is 23.9 Å². The van der Waals surface area contributed by atoms with E-state index in [0.29, 0.717) is 6.42 Å². The average molecular weight is 635 g/mol. The number of fused-ring (bicyclic) bond motifs is 1. The van der Waals surface area contributed by atoms with Crippen molar-refractivity contribution >= 4 is 29.7 Å². The van der Waals surface area contributed by atoms with Gasteiger partial charge in [0.2, 0.25) is 6.29 Å². The summed E-state index contributed by atoms with van der Waals surface area (Å²) >= 11 is 0. The van der Waals surface area contributed by atoms with Gasteiger partial charge in [-0.2, -0.15) is 0 Å². The van der Waals surface area contributed by atoms with E-state index in [-0.39, 0.29) is 17.6 Å². The first-order valence-electron chi connectivity index (χ1n) is 15.2. The number of rotatable bonds is 6. The van der Waals surface area contributed by atoms with Gasteiger partial charge in [-0.3, -0.25) is 14.4 Å². The summed E-state index contributed by atoms with van der Waals surface area (Å²) in [6, 6.07) is 0. The van der Waals surface area contributed by atoms with Gasteiger partial charge in [0.25, 0.3) is 0 Å². The highest BCUT2D eigenvalue weighted by Gasteiger charge is 2.78. The lowest BCUT2D eigenvalue weighted by molar-refractivity contribution is -0.288. The van der Waals surface area contributed by atoms with Crippen LogP contribution < -0.4 is 0 Å². The molecule has 0 aromatic rings. The number of methoxy groups -OCH3 is 1. The molecule has 3 unspecified atom stereocenters. The Kier molecular flexibility index (Phi) is 7.91. The molecule has 12 atom stereocenters. The third-order valence-electron chi connectivity index (χ3n) is 11.5. The number of Topliss-reactive ketones (excluding diaryl/α,β-unsaturated/α-hetero) is 1. The molecule has 0 aromatic carbocycles. The Morgan fingerprint density at radius 1 is 1.11 bits per heavy atom. The highest BCUT2D eigenvalue weighted by molar-refractivity contribution is 6.03. The zero-order valence-corrected chi connectivity index (χ0v) is 26.5. The number of ketones is 1. The molecule has 2 aliphatic carbocycles. The van der Waals surface area contributed by atoms with E-state index in [1.54, 1.807) is 41.5 Å². The first-order chi connectivity index (χ1) is 20.8. The third-order valence-corrected chi connectivity index (χ3v) is 11.5. The van der Waals surface area contributed by atoms with Crippen LogP contribution in [0.3, 0.4) is 0 Å². The van der Waals surface area contributed by atoms with Crippen LogP contribution in [0.4, 0.5) is 0 Å². The van der Waals surface area contributed by atoms with Crippen molar-refractivity contribution in [3.63, 3.8) is 0 Å². The van der Waals surface area contributed by atoms with Gasteiger partial charge in [0.15, 0.2) is 18.0 Å². The minimum absolute atomic E-state index is 0.0981. The summed E-state index contributed by atoms with van der Waals surface area (Å²) in [5.41, 5.74) is -6.43. The molecule has 6 aliphatic rings. The fourth-order valence-corrected chi connectivity index (χ4v) is 8.83. The molecule has 0 aromatic heterocycles. The molecule has 13 nitrogen and oxygen atoms in total. The van der Waals surface area contributed by atoms with E-state index in [0.717, 1.165) is 13.2 Å². The number of hydrogen-bond donors (Lipinski definition) is 3. The predicted molar refractivity (Wildman–Crippen MR) is 151 cm³/mol. The number of hydrogen-bond acceptors (Lipinski definition) is 13. The molecule has 2 saturated carbocycles. The van der Waals surface area contributed by atoms with E-state index in [9.17, 15) is 39.3 Å². The monoisotopic (exact) mass is 634 g/mol. The average Bonchev–Trinajstić information content (AvgIpc) is 3.25. The largest absolute Gasteiger partial charge is 0.467 e. The summed E-state index contributed by atoms with van der Waals surface area (Å²) in [5.74, 6) is -6.79. The Morgan fingerprint density at radius 3 is 2.31 bits per heavy atom. The SMILES string of the molecule is C=C1C(=O)C2C[C@@]3(C)[C@H](C4=CC(O)OC4=O)OC(=O)C[C@]13O[C@H]1[C@@H](OC(=O)C(C)CC)[C@@H](O)C(C)(C)[C@H]([C@H](O)C(=O)OC)[C@@]21C. The molecule has 45 heavy (non-hydrogen) atoms. The molecule has 0 amide bonds. The maximum absolute atomic E-state index is 14.4. The second-order valence-electron chi connectivity index (χ2n) is 14.1. The molecular formula is C32H42O13. The Labute approximate surface area is 260 Å². The maximum Gasteiger partial charge on any atom is 0.340 e. The molecule has 2 bridgehead atoms. The van der Waals surface area contributed by atoms with E-state index in [1.807, 2.05) is 0 Å². The van der Waals surface area contributed by atoms with Gasteiger partial charge in [-0.15, -0.1) is 0 Å². The number of esters is 4. The van der Waals surface area contributed by atoms with Crippen LogP contribution in [0, 0.1) is 34.0 Å². The number of aliphatic hydroxyl groups is 3. The Bertz CT molecular complexity index is 1380. The molecule has 5 fully saturated rings. The third kappa shape index (κ3) is 4.37. The van der Waals surface area contributed by atoms with E-state index in [2.05, 4.69) is 6.58 Å². The van der Waals surface area contributed by atoms with E-state index >= 15 is 0 Å². The normalized spacial score (nSPS) is 43.2. The van der Waals surface area contributed by atoms with E-state index in [4.69, 9.17) is 23.7 Å². The van der Waals surface area contributed by atoms with Crippen molar-refractivity contribution in [1.29, 1.82) is 0 Å². The van der Waals surface area contributed by atoms with Crippen LogP contribution in [0.2, 0.25) is 0 Å². The summed E-state index contributed by atoms with van der Waals surface area (Å²) in [5, 5.41) is 33.5. The summed E-state index contributed by atoms with van der Waals surface area (Å²) in [6.45, 7) is 14.0. The van der Waals surface area contributed by atoms with Crippen LogP contribution in [-0.4, -0.2) is 94.5 Å². The predicted octanol–water partition coefficient (Wildman–Crippen LogP) is 0.908. The van der Waals surface area contributed by atoms with Crippen molar-refractivity contribution in [2.75, 3.05) is 7.11 Å². The number of ether oxygens (including phenoxy) is 5. The number of carbonyl (C=O) groups is 5. The van der Waals surface area contributed by atoms with Gasteiger partial charge in [0.05, 0.1) is 31.1 Å². The zero-order valence-electron chi connectivity index (χ0n) is 26.5. The molecular weight excluding hydrogens is 592 g/mol. The summed E-state index contributed by atoms with van der Waals surface area (Å²) in [7, 11) is 1.10. The van der Waals surface area contributed by atoms with Crippen LogP contribution in [0.25, 0.3) is 0 Å². The summed E-state index contributed by atoms with van der Waals surface area (Å²) in [6.07, 6.45) is -8.16. The second-order valence-corrected chi connectivity index (χ2v) is 14.1. The minimum atomic E-state index is -1.86. The summed E-state index contributed by atoms with van der Waals surface area (Å²) < 4.78 is 28.5. The van der Waals surface area contributed by atoms with Crippen molar-refractivity contribution in [3.8, 4) is 0 Å². The molecule has 4 aliphatic heterocycles. The number of aliphatic hydroxyl groups excluding tert-OH is 3. The lowest BCUT2D eigenvalue weighted by Gasteiger charge is -2.60. The smallest absolute Gasteiger partial charge is 0.340 e. The van der Waals surface area contributed by atoms with Gasteiger partial charge in [-0.05, 0) is 18.9 Å². The van der Waals surface area contributed by atoms with Gasteiger partial charge in [-0.1, -0.05) is 48.1 Å². The van der Waals surface area contributed by atoms with Crippen LogP contribution in [0.1, 0.15) is 60.8 Å². The van der Waals surface area contributed by atoms with Crippen molar-refractivity contribution in [1.82, 2.24) is 0 Å². The lowest BCUT2D eigenvalue weighted by Crippen LogP contribution is -2.70. The van der Waals surface area contributed by atoms with Gasteiger partial charge in [-0.25, -0.2) is 9.59 Å². The fraction of sp³-hybridized carbons (Fsp3) is 0.719. The fourth-order valence-electron chi connectivity index (χ4n) is 8.83. The molecule has 3 N–H and O–H groups in total. The zero-order chi connectivity index (χ0) is 33.6. The van der Waals surface area contributed by atoms with Crippen molar-refractivity contribution in [3.05, 3.63) is 23.8 Å². The minimum Gasteiger partial charge on any atom is -0.467 e. The van der Waals surface area contributed by atoms with E-state index < -0.39 is 112 Å². The van der Waals surface area contributed by atoms with Crippen LogP contribution in [0.5, 0.6) is 0 Å². The Balaban J connectivity index is 1.79.